The molecule has 0 fully saturated rings. The summed E-state index contributed by atoms with van der Waals surface area (Å²) in [7, 11) is 0. The van der Waals surface area contributed by atoms with Crippen LogP contribution in [-0.2, 0) is 0 Å². The van der Waals surface area contributed by atoms with E-state index in [4.69, 9.17) is 5.73 Å². The molecule has 1 aromatic rings. The molecule has 1 aromatic heterocycles. The standard InChI is InChI=1S/C12H21N5O2/c1-4-6-7-16(9(3)5-2)11-10(17(18)19)8-14-12(13)15-11/h8-9H,4-7H2,1-3H3,(H2,13,14,15). The Balaban J connectivity index is 3.19. The van der Waals surface area contributed by atoms with Crippen LogP contribution in [0.2, 0.25) is 0 Å². The first-order chi connectivity index (χ1) is 9.01. The number of unbranched alkanes of at least 4 members (excludes halogenated alkanes) is 1. The second kappa shape index (κ2) is 6.86. The van der Waals surface area contributed by atoms with Crippen molar-refractivity contribution in [2.45, 2.75) is 46.1 Å². The van der Waals surface area contributed by atoms with Crippen LogP contribution < -0.4 is 10.6 Å². The van der Waals surface area contributed by atoms with E-state index in [1.165, 1.54) is 6.20 Å². The zero-order valence-corrected chi connectivity index (χ0v) is 11.7. The van der Waals surface area contributed by atoms with Crippen molar-refractivity contribution < 1.29 is 4.92 Å². The number of hydrogen-bond donors (Lipinski definition) is 1. The van der Waals surface area contributed by atoms with E-state index in [1.54, 1.807) is 0 Å². The van der Waals surface area contributed by atoms with Gasteiger partial charge in [0.25, 0.3) is 0 Å². The minimum absolute atomic E-state index is 0.0606. The molecule has 0 aromatic carbocycles. The first kappa shape index (κ1) is 15.1. The molecular formula is C12H21N5O2. The van der Waals surface area contributed by atoms with Crippen LogP contribution in [0.25, 0.3) is 0 Å². The van der Waals surface area contributed by atoms with Crippen LogP contribution in [-0.4, -0.2) is 27.5 Å². The van der Waals surface area contributed by atoms with E-state index >= 15 is 0 Å². The summed E-state index contributed by atoms with van der Waals surface area (Å²) in [6.07, 6.45) is 4.02. The fourth-order valence-corrected chi connectivity index (χ4v) is 1.80. The van der Waals surface area contributed by atoms with Gasteiger partial charge in [-0.2, -0.15) is 4.98 Å². The molecule has 0 saturated carbocycles. The summed E-state index contributed by atoms with van der Waals surface area (Å²) in [5, 5.41) is 11.1. The Morgan fingerprint density at radius 1 is 1.53 bits per heavy atom. The lowest BCUT2D eigenvalue weighted by molar-refractivity contribution is -0.384. The molecule has 2 N–H and O–H groups in total. The van der Waals surface area contributed by atoms with Gasteiger partial charge in [-0.15, -0.1) is 0 Å². The summed E-state index contributed by atoms with van der Waals surface area (Å²) in [5.74, 6) is 0.380. The average Bonchev–Trinajstić information content (AvgIpc) is 2.38. The highest BCUT2D eigenvalue weighted by Gasteiger charge is 2.24. The van der Waals surface area contributed by atoms with Crippen molar-refractivity contribution >= 4 is 17.5 Å². The number of hydrogen-bond acceptors (Lipinski definition) is 6. The molecule has 0 saturated heterocycles. The Labute approximate surface area is 113 Å². The fourth-order valence-electron chi connectivity index (χ4n) is 1.80. The summed E-state index contributed by atoms with van der Waals surface area (Å²) < 4.78 is 0. The highest BCUT2D eigenvalue weighted by molar-refractivity contribution is 5.58. The predicted octanol–water partition coefficient (Wildman–Crippen LogP) is 2.37. The van der Waals surface area contributed by atoms with E-state index in [0.717, 1.165) is 25.8 Å². The first-order valence-electron chi connectivity index (χ1n) is 6.54. The Hall–Kier alpha value is -1.92. The molecule has 1 rings (SSSR count). The molecule has 7 heteroatoms. The number of rotatable bonds is 7. The van der Waals surface area contributed by atoms with Gasteiger partial charge >= 0.3 is 5.69 Å². The van der Waals surface area contributed by atoms with Gasteiger partial charge in [-0.3, -0.25) is 10.1 Å². The molecule has 0 aliphatic carbocycles. The summed E-state index contributed by atoms with van der Waals surface area (Å²) >= 11 is 0. The van der Waals surface area contributed by atoms with Gasteiger partial charge < -0.3 is 10.6 Å². The average molecular weight is 267 g/mol. The van der Waals surface area contributed by atoms with Crippen molar-refractivity contribution in [1.29, 1.82) is 0 Å². The van der Waals surface area contributed by atoms with Crippen molar-refractivity contribution in [2.75, 3.05) is 17.2 Å². The number of nitrogen functional groups attached to an aromatic ring is 1. The zero-order chi connectivity index (χ0) is 14.4. The molecule has 1 atom stereocenters. The zero-order valence-electron chi connectivity index (χ0n) is 11.7. The molecule has 106 valence electrons. The van der Waals surface area contributed by atoms with E-state index in [0.29, 0.717) is 5.82 Å². The summed E-state index contributed by atoms with van der Waals surface area (Å²) in [6, 6.07) is 0.166. The topological polar surface area (TPSA) is 98.2 Å². The second-order valence-electron chi connectivity index (χ2n) is 4.50. The smallest absolute Gasteiger partial charge is 0.329 e. The minimum atomic E-state index is -0.462. The largest absolute Gasteiger partial charge is 0.368 e. The number of aromatic nitrogens is 2. The maximum atomic E-state index is 11.1. The Morgan fingerprint density at radius 3 is 2.74 bits per heavy atom. The first-order valence-corrected chi connectivity index (χ1v) is 6.54. The highest BCUT2D eigenvalue weighted by atomic mass is 16.6. The van der Waals surface area contributed by atoms with Crippen LogP contribution in [0.5, 0.6) is 0 Å². The van der Waals surface area contributed by atoms with Gasteiger partial charge in [0, 0.05) is 12.6 Å². The second-order valence-corrected chi connectivity index (χ2v) is 4.50. The normalized spacial score (nSPS) is 12.2. The summed E-state index contributed by atoms with van der Waals surface area (Å²) in [4.78, 5) is 20.3. The minimum Gasteiger partial charge on any atom is -0.368 e. The van der Waals surface area contributed by atoms with Crippen LogP contribution in [0.4, 0.5) is 17.5 Å². The lowest BCUT2D eigenvalue weighted by Crippen LogP contribution is -2.35. The van der Waals surface area contributed by atoms with Crippen LogP contribution in [0.1, 0.15) is 40.0 Å². The third-order valence-corrected chi connectivity index (χ3v) is 3.11. The molecular weight excluding hydrogens is 246 g/mol. The number of nitro groups is 1. The quantitative estimate of drug-likeness (QED) is 0.601. The van der Waals surface area contributed by atoms with E-state index in [-0.39, 0.29) is 17.7 Å². The van der Waals surface area contributed by atoms with Crippen molar-refractivity contribution in [1.82, 2.24) is 9.97 Å². The highest BCUT2D eigenvalue weighted by Crippen LogP contribution is 2.28. The van der Waals surface area contributed by atoms with Crippen LogP contribution in [0.3, 0.4) is 0 Å². The van der Waals surface area contributed by atoms with Crippen LogP contribution in [0, 0.1) is 10.1 Å². The van der Waals surface area contributed by atoms with Crippen molar-refractivity contribution in [3.05, 3.63) is 16.3 Å². The number of nitrogens with zero attached hydrogens (tertiary/aromatic N) is 4. The summed E-state index contributed by atoms with van der Waals surface area (Å²) in [5.41, 5.74) is 5.47. The third kappa shape index (κ3) is 3.77. The monoisotopic (exact) mass is 267 g/mol. The van der Waals surface area contributed by atoms with E-state index in [2.05, 4.69) is 16.9 Å². The van der Waals surface area contributed by atoms with Gasteiger partial charge in [-0.05, 0) is 19.8 Å². The lowest BCUT2D eigenvalue weighted by Gasteiger charge is -2.29. The Bertz CT molecular complexity index is 438. The number of anilines is 2. The molecule has 0 aliphatic rings. The molecule has 0 radical (unpaired) electrons. The molecule has 0 bridgehead atoms. The molecule has 0 amide bonds. The van der Waals surface area contributed by atoms with Crippen molar-refractivity contribution in [2.24, 2.45) is 0 Å². The van der Waals surface area contributed by atoms with Crippen molar-refractivity contribution in [3.8, 4) is 0 Å². The maximum Gasteiger partial charge on any atom is 0.329 e. The van der Waals surface area contributed by atoms with Crippen LogP contribution >= 0.6 is 0 Å². The maximum absolute atomic E-state index is 11.1. The SMILES string of the molecule is CCCCN(c1nc(N)ncc1[N+](=O)[O-])C(C)CC. The molecule has 0 aliphatic heterocycles. The van der Waals surface area contributed by atoms with Gasteiger partial charge in [-0.1, -0.05) is 20.3 Å². The van der Waals surface area contributed by atoms with Crippen molar-refractivity contribution in [3.63, 3.8) is 0 Å². The van der Waals surface area contributed by atoms with E-state index in [9.17, 15) is 10.1 Å². The molecule has 7 nitrogen and oxygen atoms in total. The lowest BCUT2D eigenvalue weighted by atomic mass is 10.2. The van der Waals surface area contributed by atoms with Gasteiger partial charge in [0.05, 0.1) is 4.92 Å². The third-order valence-electron chi connectivity index (χ3n) is 3.11. The fraction of sp³-hybridized carbons (Fsp3) is 0.667. The van der Waals surface area contributed by atoms with Gasteiger partial charge in [0.15, 0.2) is 0 Å². The van der Waals surface area contributed by atoms with E-state index in [1.807, 2.05) is 18.7 Å². The molecule has 1 heterocycles. The van der Waals surface area contributed by atoms with Gasteiger partial charge in [0.1, 0.15) is 6.20 Å². The molecule has 0 spiro atoms. The molecule has 19 heavy (non-hydrogen) atoms. The predicted molar refractivity (Wildman–Crippen MR) is 75.1 cm³/mol. The van der Waals surface area contributed by atoms with E-state index < -0.39 is 4.92 Å². The Morgan fingerprint density at radius 2 is 2.21 bits per heavy atom. The number of nitrogens with two attached hydrogens (primary N) is 1. The van der Waals surface area contributed by atoms with Gasteiger partial charge in [0.2, 0.25) is 11.8 Å². The van der Waals surface area contributed by atoms with Gasteiger partial charge in [-0.25, -0.2) is 4.98 Å². The summed E-state index contributed by atoms with van der Waals surface area (Å²) in [6.45, 7) is 6.87. The van der Waals surface area contributed by atoms with Crippen LogP contribution in [0.15, 0.2) is 6.20 Å². The Kier molecular flexibility index (Phi) is 5.47. The molecule has 1 unspecified atom stereocenters.